The molecule has 0 saturated carbocycles. The molecule has 0 nitrogen and oxygen atoms in total. The highest BCUT2D eigenvalue weighted by atomic mass is 79.9. The number of hydrogen-bond acceptors (Lipinski definition) is 1. The summed E-state index contributed by atoms with van der Waals surface area (Å²) < 4.78 is 2.83. The predicted octanol–water partition coefficient (Wildman–Crippen LogP) is 6.41. The number of thiophene rings is 1. The Morgan fingerprint density at radius 2 is 1.75 bits per heavy atom. The molecular weight excluding hydrogens is 439 g/mol. The molecule has 1 aromatic carbocycles. The maximum Gasteiger partial charge on any atom is 0.107 e. The first-order valence-corrected chi connectivity index (χ1v) is 8.12. The lowest BCUT2D eigenvalue weighted by Gasteiger charge is -2.07. The van der Waals surface area contributed by atoms with E-state index in [0.717, 1.165) is 13.3 Å². The molecule has 0 fully saturated rings. The Balaban J connectivity index is 2.31. The molecule has 1 atom stereocenters. The van der Waals surface area contributed by atoms with Crippen molar-refractivity contribution in [2.75, 3.05) is 0 Å². The van der Waals surface area contributed by atoms with Gasteiger partial charge in [0.1, 0.15) is 4.34 Å². The summed E-state index contributed by atoms with van der Waals surface area (Å²) in [5, 5.41) is 0. The van der Waals surface area contributed by atoms with Gasteiger partial charge in [-0.15, -0.1) is 11.3 Å². The third-order valence-electron chi connectivity index (χ3n) is 2.08. The van der Waals surface area contributed by atoms with Gasteiger partial charge in [0.15, 0.2) is 0 Å². The number of hydrogen-bond donors (Lipinski definition) is 0. The van der Waals surface area contributed by atoms with Crippen molar-refractivity contribution >= 4 is 70.7 Å². The smallest absolute Gasteiger partial charge is 0.107 e. The Hall–Kier alpha value is 0.650. The average molecular weight is 445 g/mol. The fraction of sp³-hybridized carbons (Fsp3) is 0.0909. The van der Waals surface area contributed by atoms with Crippen LogP contribution < -0.4 is 0 Å². The summed E-state index contributed by atoms with van der Waals surface area (Å²) in [5.74, 6) is 0. The van der Waals surface area contributed by atoms with Crippen LogP contribution in [0.25, 0.3) is 0 Å². The van der Waals surface area contributed by atoms with Gasteiger partial charge in [-0.3, -0.25) is 0 Å². The van der Waals surface area contributed by atoms with Crippen molar-refractivity contribution in [1.82, 2.24) is 0 Å². The van der Waals surface area contributed by atoms with Crippen LogP contribution in [0.15, 0.2) is 39.3 Å². The minimum absolute atomic E-state index is 0.189. The lowest BCUT2D eigenvalue weighted by molar-refractivity contribution is 1.22. The van der Waals surface area contributed by atoms with E-state index in [-0.39, 0.29) is 4.83 Å². The van der Waals surface area contributed by atoms with Crippen LogP contribution in [-0.2, 0) is 0 Å². The van der Waals surface area contributed by atoms with Crippen molar-refractivity contribution in [3.05, 3.63) is 54.1 Å². The summed E-state index contributed by atoms with van der Waals surface area (Å²) in [4.78, 5) is 1.38. The molecule has 5 heteroatoms. The van der Waals surface area contributed by atoms with E-state index in [4.69, 9.17) is 11.6 Å². The van der Waals surface area contributed by atoms with Gasteiger partial charge in [-0.05, 0) is 39.7 Å². The number of halogens is 4. The van der Waals surface area contributed by atoms with Gasteiger partial charge >= 0.3 is 0 Å². The van der Waals surface area contributed by atoms with Gasteiger partial charge < -0.3 is 0 Å². The SMILES string of the molecule is Clc1sc(C(Br)c2ccc(Br)cc2)cc1Br. The summed E-state index contributed by atoms with van der Waals surface area (Å²) in [6.07, 6.45) is 0. The summed E-state index contributed by atoms with van der Waals surface area (Å²) >= 11 is 18.1. The Morgan fingerprint density at radius 3 is 2.25 bits per heavy atom. The van der Waals surface area contributed by atoms with Crippen molar-refractivity contribution in [2.24, 2.45) is 0 Å². The van der Waals surface area contributed by atoms with Crippen LogP contribution in [0.2, 0.25) is 4.34 Å². The molecule has 0 spiro atoms. The zero-order chi connectivity index (χ0) is 11.7. The molecule has 0 aliphatic heterocycles. The van der Waals surface area contributed by atoms with Crippen molar-refractivity contribution in [2.45, 2.75) is 4.83 Å². The van der Waals surface area contributed by atoms with Crippen molar-refractivity contribution in [3.63, 3.8) is 0 Å². The second kappa shape index (κ2) is 5.53. The minimum atomic E-state index is 0.189. The highest BCUT2D eigenvalue weighted by Gasteiger charge is 2.14. The van der Waals surface area contributed by atoms with Gasteiger partial charge in [-0.1, -0.05) is 55.6 Å². The third kappa shape index (κ3) is 2.91. The summed E-state index contributed by atoms with van der Waals surface area (Å²) in [5.41, 5.74) is 1.22. The maximum absolute atomic E-state index is 6.03. The summed E-state index contributed by atoms with van der Waals surface area (Å²) in [6, 6.07) is 10.3. The Morgan fingerprint density at radius 1 is 1.12 bits per heavy atom. The summed E-state index contributed by atoms with van der Waals surface area (Å²) in [7, 11) is 0. The Kier molecular flexibility index (Phi) is 4.52. The van der Waals surface area contributed by atoms with Gasteiger partial charge in [-0.25, -0.2) is 0 Å². The van der Waals surface area contributed by atoms with E-state index in [2.05, 4.69) is 66.0 Å². The molecule has 0 bridgehead atoms. The highest BCUT2D eigenvalue weighted by molar-refractivity contribution is 9.11. The second-order valence-electron chi connectivity index (χ2n) is 3.18. The molecule has 0 aliphatic rings. The van der Waals surface area contributed by atoms with Crippen LogP contribution in [0.1, 0.15) is 15.3 Å². The molecule has 0 aliphatic carbocycles. The first-order valence-electron chi connectivity index (χ1n) is 4.42. The lowest BCUT2D eigenvalue weighted by Crippen LogP contribution is -1.88. The average Bonchev–Trinajstić information content (AvgIpc) is 2.59. The van der Waals surface area contributed by atoms with E-state index in [1.165, 1.54) is 10.4 Å². The van der Waals surface area contributed by atoms with Gasteiger partial charge in [0, 0.05) is 13.8 Å². The monoisotopic (exact) mass is 442 g/mol. The van der Waals surface area contributed by atoms with Gasteiger partial charge in [0.2, 0.25) is 0 Å². The van der Waals surface area contributed by atoms with E-state index in [9.17, 15) is 0 Å². The van der Waals surface area contributed by atoms with E-state index in [1.807, 2.05) is 12.1 Å². The molecule has 2 aromatic rings. The van der Waals surface area contributed by atoms with Gasteiger partial charge in [0.05, 0.1) is 4.83 Å². The lowest BCUT2D eigenvalue weighted by atomic mass is 10.1. The van der Waals surface area contributed by atoms with Crippen LogP contribution in [-0.4, -0.2) is 0 Å². The van der Waals surface area contributed by atoms with Crippen LogP contribution in [0.3, 0.4) is 0 Å². The largest absolute Gasteiger partial charge is 0.126 e. The topological polar surface area (TPSA) is 0 Å². The van der Waals surface area contributed by atoms with E-state index in [0.29, 0.717) is 0 Å². The minimum Gasteiger partial charge on any atom is -0.126 e. The van der Waals surface area contributed by atoms with Crippen molar-refractivity contribution < 1.29 is 0 Å². The van der Waals surface area contributed by atoms with E-state index >= 15 is 0 Å². The van der Waals surface area contributed by atoms with E-state index in [1.54, 1.807) is 11.3 Å². The first-order chi connectivity index (χ1) is 7.58. The molecule has 1 unspecified atom stereocenters. The summed E-state index contributed by atoms with van der Waals surface area (Å²) in [6.45, 7) is 0. The molecular formula is C11H6Br3ClS. The fourth-order valence-electron chi connectivity index (χ4n) is 1.28. The molecule has 16 heavy (non-hydrogen) atoms. The van der Waals surface area contributed by atoms with Gasteiger partial charge in [0.25, 0.3) is 0 Å². The predicted molar refractivity (Wildman–Crippen MR) is 81.9 cm³/mol. The molecule has 84 valence electrons. The molecule has 0 saturated heterocycles. The molecule has 0 amide bonds. The second-order valence-corrected chi connectivity index (χ2v) is 7.56. The third-order valence-corrected chi connectivity index (χ3v) is 6.47. The highest BCUT2D eigenvalue weighted by Crippen LogP contribution is 2.41. The molecule has 1 aromatic heterocycles. The number of alkyl halides is 1. The normalized spacial score (nSPS) is 12.8. The Labute approximate surface area is 128 Å². The van der Waals surface area contributed by atoms with Crippen molar-refractivity contribution in [1.29, 1.82) is 0 Å². The van der Waals surface area contributed by atoms with Crippen LogP contribution in [0, 0.1) is 0 Å². The molecule has 1 heterocycles. The zero-order valence-electron chi connectivity index (χ0n) is 7.88. The van der Waals surface area contributed by atoms with Gasteiger partial charge in [-0.2, -0.15) is 0 Å². The Bertz CT molecular complexity index is 473. The zero-order valence-corrected chi connectivity index (χ0v) is 14.2. The fourth-order valence-corrected chi connectivity index (χ4v) is 4.01. The molecule has 2 rings (SSSR count). The number of rotatable bonds is 2. The molecule has 0 N–H and O–H groups in total. The van der Waals surface area contributed by atoms with Crippen LogP contribution in [0.5, 0.6) is 0 Å². The molecule has 0 radical (unpaired) electrons. The van der Waals surface area contributed by atoms with Crippen LogP contribution >= 0.6 is 70.7 Å². The van der Waals surface area contributed by atoms with Crippen LogP contribution in [0.4, 0.5) is 0 Å². The standard InChI is InChI=1S/C11H6Br3ClS/c12-7-3-1-6(2-4-7)10(14)9-5-8(13)11(15)16-9/h1-5,10H. The quantitative estimate of drug-likeness (QED) is 0.469. The first kappa shape index (κ1) is 13.1. The van der Waals surface area contributed by atoms with Crippen molar-refractivity contribution in [3.8, 4) is 0 Å². The van der Waals surface area contributed by atoms with E-state index < -0.39 is 0 Å². The number of benzene rings is 1. The maximum atomic E-state index is 6.03.